The molecule has 1 rings (SSSR count). The Bertz CT molecular complexity index is 571. The van der Waals surface area contributed by atoms with E-state index < -0.39 is 10.0 Å². The second-order valence-corrected chi connectivity index (χ2v) is 8.06. The SMILES string of the molecule is CSCCC(C)N(C)S(=O)(=O)c1cc(N)cc(C)c1C. The molecule has 0 aromatic heterocycles. The summed E-state index contributed by atoms with van der Waals surface area (Å²) in [5.41, 5.74) is 7.94. The number of hydrogen-bond donors (Lipinski definition) is 1. The third kappa shape index (κ3) is 3.68. The first-order chi connectivity index (χ1) is 9.21. The molecule has 2 N–H and O–H groups in total. The van der Waals surface area contributed by atoms with Gasteiger partial charge in [-0.25, -0.2) is 8.42 Å². The summed E-state index contributed by atoms with van der Waals surface area (Å²) in [6.45, 7) is 5.63. The van der Waals surface area contributed by atoms with Gasteiger partial charge < -0.3 is 5.73 Å². The van der Waals surface area contributed by atoms with Crippen molar-refractivity contribution in [3.63, 3.8) is 0 Å². The Kier molecular flexibility index (Phi) is 5.91. The van der Waals surface area contributed by atoms with Gasteiger partial charge in [0.15, 0.2) is 0 Å². The minimum absolute atomic E-state index is 0.0337. The molecule has 0 saturated heterocycles. The molecule has 0 spiro atoms. The normalized spacial score (nSPS) is 13.7. The number of anilines is 1. The number of benzene rings is 1. The molecule has 0 bridgehead atoms. The van der Waals surface area contributed by atoms with Gasteiger partial charge in [-0.3, -0.25) is 0 Å². The van der Waals surface area contributed by atoms with Crippen molar-refractivity contribution >= 4 is 27.5 Å². The third-order valence-electron chi connectivity index (χ3n) is 3.66. The zero-order valence-corrected chi connectivity index (χ0v) is 14.4. The monoisotopic (exact) mass is 316 g/mol. The van der Waals surface area contributed by atoms with E-state index in [-0.39, 0.29) is 6.04 Å². The highest BCUT2D eigenvalue weighted by molar-refractivity contribution is 7.98. The van der Waals surface area contributed by atoms with Gasteiger partial charge >= 0.3 is 0 Å². The third-order valence-corrected chi connectivity index (χ3v) is 6.40. The Hall–Kier alpha value is -0.720. The molecule has 0 amide bonds. The van der Waals surface area contributed by atoms with Crippen molar-refractivity contribution in [3.05, 3.63) is 23.3 Å². The molecule has 1 unspecified atom stereocenters. The summed E-state index contributed by atoms with van der Waals surface area (Å²) in [5, 5.41) is 0. The molecular formula is C14H24N2O2S2. The summed E-state index contributed by atoms with van der Waals surface area (Å²) >= 11 is 1.72. The molecule has 0 aliphatic carbocycles. The minimum Gasteiger partial charge on any atom is -0.399 e. The molecule has 1 atom stereocenters. The van der Waals surface area contributed by atoms with Crippen molar-refractivity contribution in [1.29, 1.82) is 0 Å². The van der Waals surface area contributed by atoms with E-state index in [2.05, 4.69) is 0 Å². The van der Waals surface area contributed by atoms with Crippen LogP contribution in [0.1, 0.15) is 24.5 Å². The molecule has 20 heavy (non-hydrogen) atoms. The molecule has 4 nitrogen and oxygen atoms in total. The van der Waals surface area contributed by atoms with E-state index in [1.165, 1.54) is 4.31 Å². The second-order valence-electron chi connectivity index (χ2n) is 5.11. The van der Waals surface area contributed by atoms with E-state index >= 15 is 0 Å². The van der Waals surface area contributed by atoms with Crippen molar-refractivity contribution < 1.29 is 8.42 Å². The average Bonchev–Trinajstić information content (AvgIpc) is 2.38. The summed E-state index contributed by atoms with van der Waals surface area (Å²) in [6.07, 6.45) is 2.85. The van der Waals surface area contributed by atoms with Crippen LogP contribution in [0, 0.1) is 13.8 Å². The fourth-order valence-corrected chi connectivity index (χ4v) is 4.28. The lowest BCUT2D eigenvalue weighted by Crippen LogP contribution is -2.36. The lowest BCUT2D eigenvalue weighted by atomic mass is 10.1. The van der Waals surface area contributed by atoms with Crippen LogP contribution in [0.3, 0.4) is 0 Å². The standard InChI is InChI=1S/C14H24N2O2S2/c1-10-8-13(15)9-14(12(10)3)20(17,18)16(4)11(2)6-7-19-5/h8-9,11H,6-7,15H2,1-5H3. The lowest BCUT2D eigenvalue weighted by molar-refractivity contribution is 0.382. The highest BCUT2D eigenvalue weighted by Gasteiger charge is 2.27. The smallest absolute Gasteiger partial charge is 0.243 e. The zero-order valence-electron chi connectivity index (χ0n) is 12.8. The van der Waals surface area contributed by atoms with Crippen LogP contribution in [-0.2, 0) is 10.0 Å². The van der Waals surface area contributed by atoms with E-state index in [1.807, 2.05) is 27.0 Å². The van der Waals surface area contributed by atoms with Gasteiger partial charge in [-0.2, -0.15) is 16.1 Å². The lowest BCUT2D eigenvalue weighted by Gasteiger charge is -2.25. The van der Waals surface area contributed by atoms with E-state index in [9.17, 15) is 8.42 Å². The van der Waals surface area contributed by atoms with E-state index in [1.54, 1.807) is 30.9 Å². The number of aryl methyl sites for hydroxylation is 1. The molecule has 114 valence electrons. The van der Waals surface area contributed by atoms with Crippen molar-refractivity contribution in [1.82, 2.24) is 4.31 Å². The predicted octanol–water partition coefficient (Wildman–Crippen LogP) is 2.65. The number of nitrogens with zero attached hydrogens (tertiary/aromatic N) is 1. The summed E-state index contributed by atoms with van der Waals surface area (Å²) < 4.78 is 26.9. The average molecular weight is 316 g/mol. The van der Waals surface area contributed by atoms with Gasteiger partial charge in [0, 0.05) is 18.8 Å². The fourth-order valence-electron chi connectivity index (χ4n) is 1.98. The number of sulfonamides is 1. The van der Waals surface area contributed by atoms with Crippen LogP contribution >= 0.6 is 11.8 Å². The number of rotatable bonds is 6. The quantitative estimate of drug-likeness (QED) is 0.820. The van der Waals surface area contributed by atoms with Crippen LogP contribution < -0.4 is 5.73 Å². The molecule has 1 aromatic rings. The molecule has 0 radical (unpaired) electrons. The van der Waals surface area contributed by atoms with Gasteiger partial charge in [0.05, 0.1) is 4.90 Å². The van der Waals surface area contributed by atoms with Crippen molar-refractivity contribution in [3.8, 4) is 0 Å². The molecular weight excluding hydrogens is 292 g/mol. The van der Waals surface area contributed by atoms with Crippen LogP contribution in [0.4, 0.5) is 5.69 Å². The molecule has 6 heteroatoms. The van der Waals surface area contributed by atoms with Gasteiger partial charge in [-0.1, -0.05) is 0 Å². The van der Waals surface area contributed by atoms with Crippen LogP contribution in [-0.4, -0.2) is 37.8 Å². The van der Waals surface area contributed by atoms with Gasteiger partial charge in [0.2, 0.25) is 10.0 Å². The minimum atomic E-state index is -3.50. The summed E-state index contributed by atoms with van der Waals surface area (Å²) in [4.78, 5) is 0.313. The molecule has 0 heterocycles. The molecule has 0 aliphatic heterocycles. The van der Waals surface area contributed by atoms with Crippen molar-refractivity contribution in [2.75, 3.05) is 24.8 Å². The van der Waals surface area contributed by atoms with Gasteiger partial charge in [0.1, 0.15) is 0 Å². The number of nitrogen functional groups attached to an aromatic ring is 1. The highest BCUT2D eigenvalue weighted by Crippen LogP contribution is 2.26. The maximum atomic E-state index is 12.7. The first-order valence-electron chi connectivity index (χ1n) is 6.55. The second kappa shape index (κ2) is 6.83. The first kappa shape index (κ1) is 17.3. The Morgan fingerprint density at radius 3 is 2.50 bits per heavy atom. The number of hydrogen-bond acceptors (Lipinski definition) is 4. The molecule has 1 aromatic carbocycles. The fraction of sp³-hybridized carbons (Fsp3) is 0.571. The maximum absolute atomic E-state index is 12.7. The zero-order chi connectivity index (χ0) is 15.5. The predicted molar refractivity (Wildman–Crippen MR) is 87.7 cm³/mol. The maximum Gasteiger partial charge on any atom is 0.243 e. The van der Waals surface area contributed by atoms with E-state index in [0.29, 0.717) is 10.6 Å². The molecule has 0 aliphatic rings. The van der Waals surface area contributed by atoms with Crippen LogP contribution in [0.25, 0.3) is 0 Å². The van der Waals surface area contributed by atoms with Crippen LogP contribution in [0.5, 0.6) is 0 Å². The Morgan fingerprint density at radius 1 is 1.35 bits per heavy atom. The van der Waals surface area contributed by atoms with Crippen LogP contribution in [0.15, 0.2) is 17.0 Å². The van der Waals surface area contributed by atoms with Crippen molar-refractivity contribution in [2.45, 2.75) is 38.1 Å². The van der Waals surface area contributed by atoms with Gasteiger partial charge in [0.25, 0.3) is 0 Å². The summed E-state index contributed by atoms with van der Waals surface area (Å²) in [6, 6.07) is 3.31. The molecule has 0 fully saturated rings. The van der Waals surface area contributed by atoms with Gasteiger partial charge in [-0.15, -0.1) is 0 Å². The Labute approximate surface area is 126 Å². The Balaban J connectivity index is 3.17. The highest BCUT2D eigenvalue weighted by atomic mass is 32.2. The largest absolute Gasteiger partial charge is 0.399 e. The summed E-state index contributed by atoms with van der Waals surface area (Å²) in [5.74, 6) is 0.940. The van der Waals surface area contributed by atoms with Gasteiger partial charge in [-0.05, 0) is 62.5 Å². The van der Waals surface area contributed by atoms with Crippen LogP contribution in [0.2, 0.25) is 0 Å². The Morgan fingerprint density at radius 2 is 1.95 bits per heavy atom. The van der Waals surface area contributed by atoms with E-state index in [4.69, 9.17) is 5.73 Å². The number of nitrogens with two attached hydrogens (primary N) is 1. The number of thioether (sulfide) groups is 1. The molecule has 0 saturated carbocycles. The topological polar surface area (TPSA) is 63.4 Å². The first-order valence-corrected chi connectivity index (χ1v) is 9.39. The van der Waals surface area contributed by atoms with E-state index in [0.717, 1.165) is 23.3 Å². The summed E-state index contributed by atoms with van der Waals surface area (Å²) in [7, 11) is -1.86. The van der Waals surface area contributed by atoms with Crippen molar-refractivity contribution in [2.24, 2.45) is 0 Å².